The van der Waals surface area contributed by atoms with Crippen LogP contribution < -0.4 is 9.64 Å². The second kappa shape index (κ2) is 7.85. The molecule has 0 bridgehead atoms. The van der Waals surface area contributed by atoms with Gasteiger partial charge >= 0.3 is 0 Å². The van der Waals surface area contributed by atoms with Crippen LogP contribution in [0.3, 0.4) is 0 Å². The van der Waals surface area contributed by atoms with Crippen molar-refractivity contribution >= 4 is 17.0 Å². The van der Waals surface area contributed by atoms with Gasteiger partial charge in [0.2, 0.25) is 0 Å². The van der Waals surface area contributed by atoms with Crippen molar-refractivity contribution in [2.75, 3.05) is 58.5 Å². The second-order valence-electron chi connectivity index (χ2n) is 8.08. The van der Waals surface area contributed by atoms with Crippen LogP contribution >= 0.6 is 0 Å². The van der Waals surface area contributed by atoms with Crippen LogP contribution in [-0.4, -0.2) is 78.0 Å². The van der Waals surface area contributed by atoms with Crippen molar-refractivity contribution in [1.29, 1.82) is 0 Å². The Balaban J connectivity index is 1.73. The van der Waals surface area contributed by atoms with Gasteiger partial charge in [-0.2, -0.15) is 0 Å². The molecule has 0 radical (unpaired) electrons. The van der Waals surface area contributed by atoms with E-state index in [0.29, 0.717) is 6.61 Å². The minimum Gasteiger partial charge on any atom is -0.496 e. The SMILES string of the molecule is COc1ccccc1-c1nc2c(N3CCN(C)CC3)nc(C)nc2n1C1CCOC1. The standard InChI is InChI=1S/C22H28N6O2/c1-15-23-21(27-11-9-26(2)10-12-27)19-22(24-15)28(16-8-13-30-14-16)20(25-19)17-6-4-5-7-18(17)29-3/h4-7,16H,8-14H2,1-3H3. The normalized spacial score (nSPS) is 20.2. The fraction of sp³-hybridized carbons (Fsp3) is 0.500. The Kier molecular flexibility index (Phi) is 5.04. The first kappa shape index (κ1) is 19.3. The molecule has 0 spiro atoms. The zero-order valence-corrected chi connectivity index (χ0v) is 17.8. The van der Waals surface area contributed by atoms with Crippen LogP contribution in [0, 0.1) is 6.92 Å². The predicted molar refractivity (Wildman–Crippen MR) is 116 cm³/mol. The van der Waals surface area contributed by atoms with Gasteiger partial charge in [0.15, 0.2) is 17.0 Å². The number of methoxy groups -OCH3 is 1. The molecule has 0 aliphatic carbocycles. The summed E-state index contributed by atoms with van der Waals surface area (Å²) in [5, 5.41) is 0. The zero-order chi connectivity index (χ0) is 20.7. The lowest BCUT2D eigenvalue weighted by Gasteiger charge is -2.33. The van der Waals surface area contributed by atoms with Gasteiger partial charge < -0.3 is 23.8 Å². The van der Waals surface area contributed by atoms with Gasteiger partial charge in [-0.1, -0.05) is 12.1 Å². The van der Waals surface area contributed by atoms with Crippen LogP contribution in [0.2, 0.25) is 0 Å². The largest absolute Gasteiger partial charge is 0.496 e. The number of piperazine rings is 1. The van der Waals surface area contributed by atoms with Crippen molar-refractivity contribution in [2.24, 2.45) is 0 Å². The maximum atomic E-state index is 5.73. The van der Waals surface area contributed by atoms with Gasteiger partial charge in [0, 0.05) is 32.8 Å². The molecule has 8 nitrogen and oxygen atoms in total. The number of hydrogen-bond donors (Lipinski definition) is 0. The third kappa shape index (κ3) is 3.30. The average molecular weight is 409 g/mol. The lowest BCUT2D eigenvalue weighted by molar-refractivity contribution is 0.187. The van der Waals surface area contributed by atoms with E-state index in [1.54, 1.807) is 7.11 Å². The van der Waals surface area contributed by atoms with Crippen LogP contribution in [0.5, 0.6) is 5.75 Å². The van der Waals surface area contributed by atoms with Crippen LogP contribution in [-0.2, 0) is 4.74 Å². The number of anilines is 1. The smallest absolute Gasteiger partial charge is 0.166 e. The number of aromatic nitrogens is 4. The summed E-state index contributed by atoms with van der Waals surface area (Å²) in [6.45, 7) is 7.29. The van der Waals surface area contributed by atoms with Gasteiger partial charge in [0.05, 0.1) is 25.3 Å². The van der Waals surface area contributed by atoms with Gasteiger partial charge in [-0.15, -0.1) is 0 Å². The summed E-state index contributed by atoms with van der Waals surface area (Å²) in [7, 11) is 3.86. The number of likely N-dealkylation sites (N-methyl/N-ethyl adjacent to an activating group) is 1. The molecule has 2 fully saturated rings. The molecule has 158 valence electrons. The molecule has 1 unspecified atom stereocenters. The molecule has 2 aromatic heterocycles. The Hall–Kier alpha value is -2.71. The second-order valence-corrected chi connectivity index (χ2v) is 8.08. The number of fused-ring (bicyclic) bond motifs is 1. The number of rotatable bonds is 4. The molecule has 0 N–H and O–H groups in total. The fourth-order valence-corrected chi connectivity index (χ4v) is 4.40. The van der Waals surface area contributed by atoms with E-state index in [-0.39, 0.29) is 6.04 Å². The maximum absolute atomic E-state index is 5.73. The highest BCUT2D eigenvalue weighted by molar-refractivity contribution is 5.88. The van der Waals surface area contributed by atoms with Gasteiger partial charge in [-0.25, -0.2) is 15.0 Å². The molecule has 2 aliphatic heterocycles. The van der Waals surface area contributed by atoms with Gasteiger partial charge in [-0.3, -0.25) is 0 Å². The molecule has 0 saturated carbocycles. The summed E-state index contributed by atoms with van der Waals surface area (Å²) in [6.07, 6.45) is 0.945. The summed E-state index contributed by atoms with van der Waals surface area (Å²) in [6, 6.07) is 8.23. The first-order valence-corrected chi connectivity index (χ1v) is 10.6. The Bertz CT molecular complexity index is 1050. The molecular formula is C22H28N6O2. The van der Waals surface area contributed by atoms with Crippen molar-refractivity contribution in [2.45, 2.75) is 19.4 Å². The highest BCUT2D eigenvalue weighted by Gasteiger charge is 2.29. The van der Waals surface area contributed by atoms with Crippen molar-refractivity contribution in [3.05, 3.63) is 30.1 Å². The first-order chi connectivity index (χ1) is 14.7. The van der Waals surface area contributed by atoms with Crippen LogP contribution in [0.25, 0.3) is 22.6 Å². The molecule has 5 rings (SSSR count). The average Bonchev–Trinajstić information content (AvgIpc) is 3.41. The topological polar surface area (TPSA) is 68.5 Å². The minimum absolute atomic E-state index is 0.199. The third-order valence-electron chi connectivity index (χ3n) is 6.05. The molecule has 30 heavy (non-hydrogen) atoms. The van der Waals surface area contributed by atoms with Crippen LogP contribution in [0.1, 0.15) is 18.3 Å². The molecule has 0 amide bonds. The number of ether oxygens (including phenoxy) is 2. The van der Waals surface area contributed by atoms with E-state index in [1.807, 2.05) is 25.1 Å². The Morgan fingerprint density at radius 2 is 1.87 bits per heavy atom. The van der Waals surface area contributed by atoms with Crippen molar-refractivity contribution in [1.82, 2.24) is 24.4 Å². The van der Waals surface area contributed by atoms with E-state index in [4.69, 9.17) is 24.4 Å². The number of benzene rings is 1. The fourth-order valence-electron chi connectivity index (χ4n) is 4.40. The van der Waals surface area contributed by atoms with E-state index in [2.05, 4.69) is 27.5 Å². The van der Waals surface area contributed by atoms with Crippen LogP contribution in [0.15, 0.2) is 24.3 Å². The monoisotopic (exact) mass is 408 g/mol. The summed E-state index contributed by atoms with van der Waals surface area (Å²) in [5.41, 5.74) is 2.71. The number of nitrogens with zero attached hydrogens (tertiary/aromatic N) is 6. The molecule has 1 aromatic carbocycles. The molecule has 2 aliphatic rings. The van der Waals surface area contributed by atoms with E-state index in [1.165, 1.54) is 0 Å². The van der Waals surface area contributed by atoms with Gasteiger partial charge in [-0.05, 0) is 32.5 Å². The summed E-state index contributed by atoms with van der Waals surface area (Å²) >= 11 is 0. The number of aryl methyl sites for hydroxylation is 1. The summed E-state index contributed by atoms with van der Waals surface area (Å²) < 4.78 is 13.6. The van der Waals surface area contributed by atoms with E-state index in [0.717, 1.165) is 79.2 Å². The lowest BCUT2D eigenvalue weighted by atomic mass is 10.1. The highest BCUT2D eigenvalue weighted by Crippen LogP contribution is 2.37. The Morgan fingerprint density at radius 3 is 2.60 bits per heavy atom. The number of para-hydroxylation sites is 1. The Morgan fingerprint density at radius 1 is 1.07 bits per heavy atom. The summed E-state index contributed by atoms with van der Waals surface area (Å²) in [4.78, 5) is 19.5. The lowest BCUT2D eigenvalue weighted by Crippen LogP contribution is -2.45. The Labute approximate surface area is 176 Å². The minimum atomic E-state index is 0.199. The third-order valence-corrected chi connectivity index (χ3v) is 6.05. The highest BCUT2D eigenvalue weighted by atomic mass is 16.5. The maximum Gasteiger partial charge on any atom is 0.166 e. The van der Waals surface area contributed by atoms with Crippen LogP contribution in [0.4, 0.5) is 5.82 Å². The van der Waals surface area contributed by atoms with E-state index in [9.17, 15) is 0 Å². The quantitative estimate of drug-likeness (QED) is 0.657. The summed E-state index contributed by atoms with van der Waals surface area (Å²) in [5.74, 6) is 3.37. The molecule has 2 saturated heterocycles. The predicted octanol–water partition coefficient (Wildman–Crippen LogP) is 2.52. The van der Waals surface area contributed by atoms with Gasteiger partial charge in [0.25, 0.3) is 0 Å². The van der Waals surface area contributed by atoms with E-state index < -0.39 is 0 Å². The first-order valence-electron chi connectivity index (χ1n) is 10.6. The zero-order valence-electron chi connectivity index (χ0n) is 17.8. The van der Waals surface area contributed by atoms with Crippen molar-refractivity contribution in [3.63, 3.8) is 0 Å². The molecule has 4 heterocycles. The van der Waals surface area contributed by atoms with Crippen molar-refractivity contribution < 1.29 is 9.47 Å². The number of hydrogen-bond acceptors (Lipinski definition) is 7. The van der Waals surface area contributed by atoms with Crippen molar-refractivity contribution in [3.8, 4) is 17.1 Å². The molecule has 1 atom stereocenters. The number of imidazole rings is 1. The van der Waals surface area contributed by atoms with E-state index >= 15 is 0 Å². The molecule has 3 aromatic rings. The van der Waals surface area contributed by atoms with Gasteiger partial charge in [0.1, 0.15) is 17.4 Å². The molecule has 8 heteroatoms. The molecular weight excluding hydrogens is 380 g/mol.